The number of fused-ring (bicyclic) bond motifs is 1. The van der Waals surface area contributed by atoms with Crippen molar-refractivity contribution in [3.8, 4) is 23.0 Å². The van der Waals surface area contributed by atoms with Crippen molar-refractivity contribution in [2.45, 2.75) is 6.42 Å². The third-order valence-corrected chi connectivity index (χ3v) is 2.08. The van der Waals surface area contributed by atoms with Crippen LogP contribution in [-0.4, -0.2) is 27.7 Å². The Kier molecular flexibility index (Phi) is 1.73. The van der Waals surface area contributed by atoms with Crippen molar-refractivity contribution in [1.29, 1.82) is 0 Å². The van der Waals surface area contributed by atoms with Gasteiger partial charge in [0.15, 0.2) is 17.3 Å². The number of hydrogen-bond donors (Lipinski definition) is 3. The van der Waals surface area contributed by atoms with E-state index in [0.29, 0.717) is 0 Å². The van der Waals surface area contributed by atoms with E-state index < -0.39 is 17.2 Å². The first-order valence-corrected chi connectivity index (χ1v) is 4.05. The molecule has 0 saturated heterocycles. The van der Waals surface area contributed by atoms with Crippen LogP contribution in [0.4, 0.5) is 0 Å². The Morgan fingerprint density at radius 1 is 1.21 bits per heavy atom. The number of carbonyl (C=O) groups is 1. The molecule has 0 fully saturated rings. The van der Waals surface area contributed by atoms with Gasteiger partial charge in [0.05, 0.1) is 12.2 Å². The maximum Gasteiger partial charge on any atom is 0.205 e. The molecule has 0 aliphatic carbocycles. The van der Waals surface area contributed by atoms with E-state index in [1.54, 1.807) is 0 Å². The molecule has 1 aliphatic rings. The van der Waals surface area contributed by atoms with Crippen LogP contribution in [0, 0.1) is 0 Å². The first-order chi connectivity index (χ1) is 6.61. The molecule has 2 rings (SSSR count). The Morgan fingerprint density at radius 3 is 2.64 bits per heavy atom. The predicted molar refractivity (Wildman–Crippen MR) is 45.9 cm³/mol. The molecule has 0 saturated carbocycles. The zero-order chi connectivity index (χ0) is 10.3. The summed E-state index contributed by atoms with van der Waals surface area (Å²) in [6, 6.07) is 1.09. The predicted octanol–water partition coefficient (Wildman–Crippen LogP) is 0.769. The number of Topliss-reactive ketones (excluding diaryl/α,β-unsaturated/α-hetero) is 1. The Labute approximate surface area is 79.2 Å². The van der Waals surface area contributed by atoms with Gasteiger partial charge >= 0.3 is 0 Å². The van der Waals surface area contributed by atoms with Gasteiger partial charge in [-0.05, 0) is 6.07 Å². The molecule has 5 heteroatoms. The average Bonchev–Trinajstić information content (AvgIpc) is 2.17. The first kappa shape index (κ1) is 8.68. The number of ether oxygens (including phenoxy) is 1. The third kappa shape index (κ3) is 1.06. The lowest BCUT2D eigenvalue weighted by molar-refractivity contribution is 0.0929. The molecule has 0 aromatic heterocycles. The second kappa shape index (κ2) is 2.80. The minimum Gasteiger partial charge on any atom is -0.504 e. The molecule has 0 bridgehead atoms. The summed E-state index contributed by atoms with van der Waals surface area (Å²) in [6.07, 6.45) is 0.205. The highest BCUT2D eigenvalue weighted by molar-refractivity contribution is 6.01. The molecule has 74 valence electrons. The summed E-state index contributed by atoms with van der Waals surface area (Å²) >= 11 is 0. The number of carbonyl (C=O) groups excluding carboxylic acids is 1. The Balaban J connectivity index is 2.69. The third-order valence-electron chi connectivity index (χ3n) is 2.08. The zero-order valence-electron chi connectivity index (χ0n) is 7.15. The van der Waals surface area contributed by atoms with Gasteiger partial charge in [-0.2, -0.15) is 0 Å². The highest BCUT2D eigenvalue weighted by atomic mass is 16.5. The van der Waals surface area contributed by atoms with Crippen molar-refractivity contribution in [3.63, 3.8) is 0 Å². The molecule has 3 N–H and O–H groups in total. The summed E-state index contributed by atoms with van der Waals surface area (Å²) in [6.45, 7) is 0.170. The monoisotopic (exact) mass is 196 g/mol. The van der Waals surface area contributed by atoms with Gasteiger partial charge in [-0.1, -0.05) is 0 Å². The molecule has 5 nitrogen and oxygen atoms in total. The van der Waals surface area contributed by atoms with Crippen LogP contribution in [0.15, 0.2) is 6.07 Å². The van der Waals surface area contributed by atoms with E-state index in [4.69, 9.17) is 14.9 Å². The Bertz CT molecular complexity index is 410. The summed E-state index contributed by atoms with van der Waals surface area (Å²) in [5.74, 6) is -2.07. The van der Waals surface area contributed by atoms with Gasteiger partial charge in [-0.25, -0.2) is 0 Å². The van der Waals surface area contributed by atoms with Crippen LogP contribution in [-0.2, 0) is 0 Å². The fourth-order valence-electron chi connectivity index (χ4n) is 1.36. The van der Waals surface area contributed by atoms with E-state index >= 15 is 0 Å². The summed E-state index contributed by atoms with van der Waals surface area (Å²) in [4.78, 5) is 11.3. The van der Waals surface area contributed by atoms with Crippen molar-refractivity contribution in [2.24, 2.45) is 0 Å². The molecular weight excluding hydrogens is 188 g/mol. The van der Waals surface area contributed by atoms with Crippen molar-refractivity contribution >= 4 is 5.78 Å². The Morgan fingerprint density at radius 2 is 1.93 bits per heavy atom. The van der Waals surface area contributed by atoms with E-state index in [2.05, 4.69) is 0 Å². The molecular formula is C9H8O5. The second-order valence-corrected chi connectivity index (χ2v) is 2.99. The lowest BCUT2D eigenvalue weighted by Crippen LogP contribution is -2.15. The van der Waals surface area contributed by atoms with E-state index in [1.165, 1.54) is 0 Å². The van der Waals surface area contributed by atoms with Gasteiger partial charge in [0.1, 0.15) is 0 Å². The van der Waals surface area contributed by atoms with Gasteiger partial charge in [0.2, 0.25) is 11.5 Å². The van der Waals surface area contributed by atoms with Crippen molar-refractivity contribution in [3.05, 3.63) is 11.6 Å². The smallest absolute Gasteiger partial charge is 0.205 e. The summed E-state index contributed by atoms with van der Waals surface area (Å²) in [5, 5.41) is 27.7. The van der Waals surface area contributed by atoms with E-state index in [-0.39, 0.29) is 30.1 Å². The van der Waals surface area contributed by atoms with E-state index in [9.17, 15) is 9.90 Å². The second-order valence-electron chi connectivity index (χ2n) is 2.99. The lowest BCUT2D eigenvalue weighted by Gasteiger charge is -2.18. The molecule has 0 atom stereocenters. The molecule has 0 spiro atoms. The molecule has 0 radical (unpaired) electrons. The highest BCUT2D eigenvalue weighted by Gasteiger charge is 2.25. The van der Waals surface area contributed by atoms with Crippen LogP contribution in [0.25, 0.3) is 0 Å². The van der Waals surface area contributed by atoms with Gasteiger partial charge in [-0.15, -0.1) is 0 Å². The van der Waals surface area contributed by atoms with Crippen molar-refractivity contribution < 1.29 is 24.9 Å². The zero-order valence-corrected chi connectivity index (χ0v) is 7.15. The number of benzene rings is 1. The number of hydrogen-bond acceptors (Lipinski definition) is 5. The molecule has 0 amide bonds. The van der Waals surface area contributed by atoms with Crippen molar-refractivity contribution in [1.82, 2.24) is 0 Å². The highest BCUT2D eigenvalue weighted by Crippen LogP contribution is 2.46. The van der Waals surface area contributed by atoms with E-state index in [1.807, 2.05) is 0 Å². The lowest BCUT2D eigenvalue weighted by atomic mass is 10.0. The average molecular weight is 196 g/mol. The number of phenols is 3. The fourth-order valence-corrected chi connectivity index (χ4v) is 1.36. The summed E-state index contributed by atoms with van der Waals surface area (Å²) < 4.78 is 5.02. The van der Waals surface area contributed by atoms with Gasteiger partial charge in [-0.3, -0.25) is 4.79 Å². The van der Waals surface area contributed by atoms with Crippen molar-refractivity contribution in [2.75, 3.05) is 6.61 Å². The molecule has 1 aromatic rings. The Hall–Kier alpha value is -1.91. The summed E-state index contributed by atoms with van der Waals surface area (Å²) in [7, 11) is 0. The number of phenolic OH excluding ortho intramolecular Hbond substituents is 3. The summed E-state index contributed by atoms with van der Waals surface area (Å²) in [5.41, 5.74) is 0.101. The SMILES string of the molecule is O=C1CCOc2c1cc(O)c(O)c2O. The standard InChI is InChI=1S/C9H8O5/c10-5-1-2-14-9-4(5)3-6(11)7(12)8(9)13/h3,11-13H,1-2H2. The molecule has 0 unspecified atom stereocenters. The molecule has 14 heavy (non-hydrogen) atoms. The first-order valence-electron chi connectivity index (χ1n) is 4.05. The van der Waals surface area contributed by atoms with Gasteiger partial charge in [0, 0.05) is 6.42 Å². The van der Waals surface area contributed by atoms with Gasteiger partial charge < -0.3 is 20.1 Å². The minimum atomic E-state index is -0.668. The maximum absolute atomic E-state index is 11.3. The molecule has 1 heterocycles. The number of aromatic hydroxyl groups is 3. The van der Waals surface area contributed by atoms with Crippen LogP contribution in [0.2, 0.25) is 0 Å². The maximum atomic E-state index is 11.3. The number of ketones is 1. The van der Waals surface area contributed by atoms with Crippen LogP contribution >= 0.6 is 0 Å². The topological polar surface area (TPSA) is 87.0 Å². The molecule has 1 aliphatic heterocycles. The van der Waals surface area contributed by atoms with Gasteiger partial charge in [0.25, 0.3) is 0 Å². The van der Waals surface area contributed by atoms with E-state index in [0.717, 1.165) is 6.07 Å². The fraction of sp³-hybridized carbons (Fsp3) is 0.222. The number of rotatable bonds is 0. The quantitative estimate of drug-likeness (QED) is 0.533. The minimum absolute atomic E-state index is 0.0587. The van der Waals surface area contributed by atoms with Crippen LogP contribution in [0.5, 0.6) is 23.0 Å². The van der Waals surface area contributed by atoms with Crippen LogP contribution < -0.4 is 4.74 Å². The largest absolute Gasteiger partial charge is 0.504 e. The van der Waals surface area contributed by atoms with Crippen LogP contribution in [0.1, 0.15) is 16.8 Å². The molecule has 1 aromatic carbocycles. The van der Waals surface area contributed by atoms with Crippen LogP contribution in [0.3, 0.4) is 0 Å². The normalized spacial score (nSPS) is 14.7.